The van der Waals surface area contributed by atoms with E-state index in [1.165, 1.54) is 18.1 Å². The summed E-state index contributed by atoms with van der Waals surface area (Å²) in [5.74, 6) is 0.515. The predicted octanol–water partition coefficient (Wildman–Crippen LogP) is 4.45. The van der Waals surface area contributed by atoms with Crippen LogP contribution in [0.15, 0.2) is 47.3 Å². The maximum atomic E-state index is 13.1. The van der Waals surface area contributed by atoms with Crippen LogP contribution in [0.25, 0.3) is 10.9 Å². The Hall–Kier alpha value is -3.26. The maximum absolute atomic E-state index is 13.1. The number of amides is 1. The van der Waals surface area contributed by atoms with Gasteiger partial charge in [-0.2, -0.15) is 0 Å². The molecular formula is C26H29N3O4S. The Morgan fingerprint density at radius 3 is 2.53 bits per heavy atom. The second kappa shape index (κ2) is 9.93. The minimum absolute atomic E-state index is 0.0703. The normalized spacial score (nSPS) is 20.1. The number of aromatic nitrogens is 2. The summed E-state index contributed by atoms with van der Waals surface area (Å²) in [7, 11) is 1.30. The fourth-order valence-electron chi connectivity index (χ4n) is 4.62. The maximum Gasteiger partial charge on any atom is 0.337 e. The molecule has 0 spiro atoms. The number of aromatic amines is 1. The number of esters is 1. The number of rotatable bonds is 5. The molecule has 7 nitrogen and oxygen atoms in total. The molecule has 1 heterocycles. The van der Waals surface area contributed by atoms with Crippen LogP contribution in [0.5, 0.6) is 0 Å². The molecule has 2 aromatic carbocycles. The highest BCUT2D eigenvalue weighted by atomic mass is 32.1. The Kier molecular flexibility index (Phi) is 6.97. The van der Waals surface area contributed by atoms with Crippen molar-refractivity contribution in [2.45, 2.75) is 45.7 Å². The number of carbonyl (C=O) groups is 2. The van der Waals surface area contributed by atoms with Gasteiger partial charge in [-0.3, -0.25) is 14.2 Å². The summed E-state index contributed by atoms with van der Waals surface area (Å²) >= 11 is 5.41. The number of hydrogen-bond acceptors (Lipinski definition) is 5. The van der Waals surface area contributed by atoms with Gasteiger partial charge in [0.05, 0.1) is 30.1 Å². The van der Waals surface area contributed by atoms with Crippen molar-refractivity contribution in [2.24, 2.45) is 11.8 Å². The van der Waals surface area contributed by atoms with Crippen LogP contribution < -0.4 is 10.9 Å². The van der Waals surface area contributed by atoms with Crippen LogP contribution in [-0.2, 0) is 11.3 Å². The smallest absolute Gasteiger partial charge is 0.337 e. The lowest BCUT2D eigenvalue weighted by atomic mass is 9.78. The van der Waals surface area contributed by atoms with E-state index in [1.54, 1.807) is 30.3 Å². The number of H-pyrrole nitrogens is 1. The van der Waals surface area contributed by atoms with Gasteiger partial charge in [-0.25, -0.2) is 4.79 Å². The van der Waals surface area contributed by atoms with Gasteiger partial charge in [-0.15, -0.1) is 0 Å². The molecule has 1 fully saturated rings. The molecule has 0 aliphatic heterocycles. The van der Waals surface area contributed by atoms with E-state index in [1.807, 2.05) is 12.1 Å². The SMILES string of the molecule is COC(=O)c1ccc2c(=O)n(Cc3ccc(C(=O)NC4CCCC(C)C4C)cc3)c(=S)[nH]c2c1. The number of fused-ring (bicyclic) bond motifs is 1. The molecule has 3 atom stereocenters. The summed E-state index contributed by atoms with van der Waals surface area (Å²) in [5, 5.41) is 3.61. The summed E-state index contributed by atoms with van der Waals surface area (Å²) in [6.45, 7) is 4.72. The Labute approximate surface area is 203 Å². The number of nitrogens with zero attached hydrogens (tertiary/aromatic N) is 1. The second-order valence-corrected chi connectivity index (χ2v) is 9.50. The van der Waals surface area contributed by atoms with Crippen LogP contribution in [0.2, 0.25) is 0 Å². The molecule has 1 aliphatic carbocycles. The molecule has 178 valence electrons. The van der Waals surface area contributed by atoms with E-state index < -0.39 is 5.97 Å². The lowest BCUT2D eigenvalue weighted by Crippen LogP contribution is -2.43. The average Bonchev–Trinajstić information content (AvgIpc) is 2.84. The summed E-state index contributed by atoms with van der Waals surface area (Å²) in [4.78, 5) is 40.6. The molecule has 1 aliphatic rings. The second-order valence-electron chi connectivity index (χ2n) is 9.12. The van der Waals surface area contributed by atoms with Crippen molar-refractivity contribution in [1.29, 1.82) is 0 Å². The average molecular weight is 480 g/mol. The molecular weight excluding hydrogens is 450 g/mol. The van der Waals surface area contributed by atoms with Gasteiger partial charge in [0, 0.05) is 11.6 Å². The van der Waals surface area contributed by atoms with E-state index >= 15 is 0 Å². The Morgan fingerprint density at radius 1 is 1.12 bits per heavy atom. The zero-order chi connectivity index (χ0) is 24.4. The standard InChI is InChI=1S/C26H29N3O4S/c1-15-5-4-6-21(16(15)2)27-23(30)18-9-7-17(8-10-18)14-29-24(31)20-12-11-19(25(32)33-3)13-22(20)28-26(29)34/h7-13,15-16,21H,4-6,14H2,1-3H3,(H,27,30)(H,28,34). The van der Waals surface area contributed by atoms with Gasteiger partial charge in [0.15, 0.2) is 4.77 Å². The summed E-state index contributed by atoms with van der Waals surface area (Å²) < 4.78 is 6.46. The fourth-order valence-corrected chi connectivity index (χ4v) is 4.88. The third-order valence-electron chi connectivity index (χ3n) is 6.98. The molecule has 34 heavy (non-hydrogen) atoms. The number of methoxy groups -OCH3 is 1. The van der Waals surface area contributed by atoms with Gasteiger partial charge < -0.3 is 15.0 Å². The molecule has 4 rings (SSSR count). The van der Waals surface area contributed by atoms with Crippen molar-refractivity contribution in [3.63, 3.8) is 0 Å². The zero-order valence-corrected chi connectivity index (χ0v) is 20.4. The van der Waals surface area contributed by atoms with Crippen molar-refractivity contribution < 1.29 is 14.3 Å². The van der Waals surface area contributed by atoms with Gasteiger partial charge in [0.2, 0.25) is 0 Å². The number of ether oxygens (including phenoxy) is 1. The van der Waals surface area contributed by atoms with Crippen LogP contribution in [0.3, 0.4) is 0 Å². The lowest BCUT2D eigenvalue weighted by Gasteiger charge is -2.34. The molecule has 0 saturated heterocycles. The van der Waals surface area contributed by atoms with E-state index in [0.29, 0.717) is 33.9 Å². The first kappa shape index (κ1) is 23.9. The molecule has 1 aromatic heterocycles. The fraction of sp³-hybridized carbons (Fsp3) is 0.385. The minimum atomic E-state index is -0.484. The van der Waals surface area contributed by atoms with Gasteiger partial charge in [-0.05, 0) is 66.4 Å². The molecule has 0 bridgehead atoms. The zero-order valence-electron chi connectivity index (χ0n) is 19.6. The number of hydrogen-bond donors (Lipinski definition) is 2. The molecule has 1 amide bonds. The van der Waals surface area contributed by atoms with Crippen molar-refractivity contribution in [3.8, 4) is 0 Å². The largest absolute Gasteiger partial charge is 0.465 e. The van der Waals surface area contributed by atoms with Gasteiger partial charge in [-0.1, -0.05) is 38.8 Å². The van der Waals surface area contributed by atoms with E-state index in [2.05, 4.69) is 24.1 Å². The first-order chi connectivity index (χ1) is 16.3. The van der Waals surface area contributed by atoms with Crippen molar-refractivity contribution in [3.05, 3.63) is 74.3 Å². The number of carbonyl (C=O) groups excluding carboxylic acids is 2. The van der Waals surface area contributed by atoms with Crippen LogP contribution >= 0.6 is 12.2 Å². The molecule has 1 saturated carbocycles. The van der Waals surface area contributed by atoms with Crippen LogP contribution in [0.4, 0.5) is 0 Å². The highest BCUT2D eigenvalue weighted by Crippen LogP contribution is 2.29. The topological polar surface area (TPSA) is 93.2 Å². The van der Waals surface area contributed by atoms with E-state index in [9.17, 15) is 14.4 Å². The summed E-state index contributed by atoms with van der Waals surface area (Å²) in [6, 6.07) is 12.1. The third kappa shape index (κ3) is 4.82. The first-order valence-corrected chi connectivity index (χ1v) is 11.9. The van der Waals surface area contributed by atoms with E-state index in [-0.39, 0.29) is 28.8 Å². The highest BCUT2D eigenvalue weighted by molar-refractivity contribution is 7.71. The van der Waals surface area contributed by atoms with Gasteiger partial charge in [0.25, 0.3) is 11.5 Å². The Bertz CT molecular complexity index is 1340. The summed E-state index contributed by atoms with van der Waals surface area (Å²) in [5.41, 5.74) is 2.01. The number of benzene rings is 2. The molecule has 0 radical (unpaired) electrons. The molecule has 8 heteroatoms. The quantitative estimate of drug-likeness (QED) is 0.417. The van der Waals surface area contributed by atoms with Crippen molar-refractivity contribution in [2.75, 3.05) is 7.11 Å². The van der Waals surface area contributed by atoms with Crippen LogP contribution in [0.1, 0.15) is 59.4 Å². The third-order valence-corrected chi connectivity index (χ3v) is 7.31. The Morgan fingerprint density at radius 2 is 1.82 bits per heavy atom. The Balaban J connectivity index is 1.52. The minimum Gasteiger partial charge on any atom is -0.465 e. The van der Waals surface area contributed by atoms with Gasteiger partial charge >= 0.3 is 5.97 Å². The van der Waals surface area contributed by atoms with Crippen molar-refractivity contribution in [1.82, 2.24) is 14.9 Å². The number of nitrogens with one attached hydrogen (secondary N) is 2. The summed E-state index contributed by atoms with van der Waals surface area (Å²) in [6.07, 6.45) is 3.37. The first-order valence-electron chi connectivity index (χ1n) is 11.5. The predicted molar refractivity (Wildman–Crippen MR) is 134 cm³/mol. The monoisotopic (exact) mass is 479 g/mol. The van der Waals surface area contributed by atoms with E-state index in [0.717, 1.165) is 18.4 Å². The van der Waals surface area contributed by atoms with Crippen molar-refractivity contribution >= 4 is 35.0 Å². The van der Waals surface area contributed by atoms with E-state index in [4.69, 9.17) is 17.0 Å². The molecule has 3 unspecified atom stereocenters. The molecule has 2 N–H and O–H groups in total. The lowest BCUT2D eigenvalue weighted by molar-refractivity contribution is 0.0600. The molecule has 3 aromatic rings. The highest BCUT2D eigenvalue weighted by Gasteiger charge is 2.28. The van der Waals surface area contributed by atoms with Crippen LogP contribution in [-0.4, -0.2) is 34.6 Å². The van der Waals surface area contributed by atoms with Crippen LogP contribution in [0, 0.1) is 16.6 Å². The van der Waals surface area contributed by atoms with Gasteiger partial charge in [0.1, 0.15) is 0 Å².